The molecule has 1 aromatic carbocycles. The van der Waals surface area contributed by atoms with Crippen LogP contribution in [-0.2, 0) is 9.53 Å². The number of piperidine rings is 1. The Balaban J connectivity index is 1.19. The maximum Gasteiger partial charge on any atom is 0.253 e. The normalized spacial score (nSPS) is 24.1. The Hall–Kier alpha value is -2.84. The molecule has 35 heavy (non-hydrogen) atoms. The van der Waals surface area contributed by atoms with E-state index in [1.807, 2.05) is 18.2 Å². The van der Waals surface area contributed by atoms with E-state index in [0.717, 1.165) is 30.6 Å². The van der Waals surface area contributed by atoms with Crippen molar-refractivity contribution in [1.29, 1.82) is 0 Å². The van der Waals surface area contributed by atoms with Crippen LogP contribution in [0.1, 0.15) is 55.1 Å². The zero-order valence-electron chi connectivity index (χ0n) is 19.9. The summed E-state index contributed by atoms with van der Waals surface area (Å²) in [6, 6.07) is 7.03. The predicted molar refractivity (Wildman–Crippen MR) is 129 cm³/mol. The minimum absolute atomic E-state index is 0.00879. The van der Waals surface area contributed by atoms with Crippen LogP contribution in [0.5, 0.6) is 11.5 Å². The number of likely N-dealkylation sites (tertiary alicyclic amines) is 1. The van der Waals surface area contributed by atoms with E-state index in [2.05, 4.69) is 24.1 Å². The number of aromatic hydroxyl groups is 1. The van der Waals surface area contributed by atoms with Crippen molar-refractivity contribution in [3.05, 3.63) is 52.8 Å². The minimum Gasteiger partial charge on any atom is -0.506 e. The lowest BCUT2D eigenvalue weighted by molar-refractivity contribution is -0.176. The molecule has 2 aromatic rings. The van der Waals surface area contributed by atoms with Crippen LogP contribution in [0.4, 0.5) is 0 Å². The molecule has 0 bridgehead atoms. The third-order valence-corrected chi connectivity index (χ3v) is 7.93. The number of nitrogens with zero attached hydrogens (tertiary/aromatic N) is 2. The molecule has 8 nitrogen and oxygen atoms in total. The molecule has 3 aliphatic heterocycles. The molecular formula is C26H30ClN3O5. The van der Waals surface area contributed by atoms with Crippen molar-refractivity contribution in [3.8, 4) is 11.5 Å². The Bertz CT molecular complexity index is 1150. The minimum atomic E-state index is -0.443. The Morgan fingerprint density at radius 2 is 2.00 bits per heavy atom. The fraction of sp³-hybridized carbons (Fsp3) is 0.500. The van der Waals surface area contributed by atoms with Gasteiger partial charge in [0.25, 0.3) is 5.91 Å². The summed E-state index contributed by atoms with van der Waals surface area (Å²) in [7, 11) is 0. The van der Waals surface area contributed by atoms with Crippen LogP contribution in [-0.4, -0.2) is 58.6 Å². The number of rotatable bonds is 3. The molecule has 0 radical (unpaired) electrons. The fourth-order valence-corrected chi connectivity index (χ4v) is 5.81. The first kappa shape index (κ1) is 23.9. The van der Waals surface area contributed by atoms with Gasteiger partial charge in [-0.2, -0.15) is 0 Å². The Kier molecular flexibility index (Phi) is 6.13. The summed E-state index contributed by atoms with van der Waals surface area (Å²) in [6.45, 7) is 6.02. The number of ether oxygens (including phenoxy) is 2. The van der Waals surface area contributed by atoms with Gasteiger partial charge in [0.05, 0.1) is 31.0 Å². The number of aromatic nitrogens is 1. The first-order valence-electron chi connectivity index (χ1n) is 12.0. The van der Waals surface area contributed by atoms with Gasteiger partial charge in [-0.25, -0.2) is 0 Å². The van der Waals surface area contributed by atoms with Crippen LogP contribution in [0, 0.1) is 11.3 Å². The number of fused-ring (bicyclic) bond motifs is 3. The van der Waals surface area contributed by atoms with E-state index in [1.165, 1.54) is 18.5 Å². The van der Waals surface area contributed by atoms with Crippen molar-refractivity contribution >= 4 is 23.4 Å². The van der Waals surface area contributed by atoms with E-state index in [9.17, 15) is 14.7 Å². The van der Waals surface area contributed by atoms with Crippen LogP contribution in [0.2, 0.25) is 5.02 Å². The maximum absolute atomic E-state index is 12.8. The molecule has 5 rings (SSSR count). The second kappa shape index (κ2) is 8.99. The molecule has 2 amide bonds. The van der Waals surface area contributed by atoms with Gasteiger partial charge in [-0.15, -0.1) is 0 Å². The molecule has 186 valence electrons. The van der Waals surface area contributed by atoms with E-state index in [0.29, 0.717) is 24.7 Å². The molecule has 2 saturated heterocycles. The van der Waals surface area contributed by atoms with Crippen molar-refractivity contribution in [3.63, 3.8) is 0 Å². The molecule has 1 aromatic heterocycles. The number of halogens is 1. The number of pyridine rings is 1. The lowest BCUT2D eigenvalue weighted by Crippen LogP contribution is -2.55. The molecule has 9 heteroatoms. The highest BCUT2D eigenvalue weighted by Crippen LogP contribution is 2.55. The van der Waals surface area contributed by atoms with E-state index in [4.69, 9.17) is 21.1 Å². The van der Waals surface area contributed by atoms with Gasteiger partial charge < -0.3 is 24.8 Å². The van der Waals surface area contributed by atoms with E-state index < -0.39 is 5.91 Å². The van der Waals surface area contributed by atoms with Crippen molar-refractivity contribution in [2.24, 2.45) is 11.3 Å². The van der Waals surface area contributed by atoms with Gasteiger partial charge in [0.2, 0.25) is 5.91 Å². The van der Waals surface area contributed by atoms with Gasteiger partial charge in [-0.1, -0.05) is 11.6 Å². The number of amides is 2. The van der Waals surface area contributed by atoms with Crippen molar-refractivity contribution in [2.45, 2.75) is 44.8 Å². The van der Waals surface area contributed by atoms with Gasteiger partial charge in [0.15, 0.2) is 0 Å². The largest absolute Gasteiger partial charge is 0.506 e. The summed E-state index contributed by atoms with van der Waals surface area (Å²) in [6.07, 6.45) is 5.18. The van der Waals surface area contributed by atoms with Gasteiger partial charge in [-0.05, 0) is 62.8 Å². The zero-order valence-corrected chi connectivity index (χ0v) is 20.7. The molecule has 0 unspecified atom stereocenters. The van der Waals surface area contributed by atoms with Crippen molar-refractivity contribution < 1.29 is 24.2 Å². The van der Waals surface area contributed by atoms with Gasteiger partial charge in [0.1, 0.15) is 17.1 Å². The molecule has 0 saturated carbocycles. The highest BCUT2D eigenvalue weighted by Gasteiger charge is 2.52. The van der Waals surface area contributed by atoms with Gasteiger partial charge in [0, 0.05) is 35.8 Å². The van der Waals surface area contributed by atoms with Crippen molar-refractivity contribution in [1.82, 2.24) is 15.2 Å². The quantitative estimate of drug-likeness (QED) is 0.667. The molecule has 4 heterocycles. The van der Waals surface area contributed by atoms with Gasteiger partial charge >= 0.3 is 0 Å². The lowest BCUT2D eigenvalue weighted by atomic mass is 9.64. The summed E-state index contributed by atoms with van der Waals surface area (Å²) in [4.78, 5) is 30.6. The predicted octanol–water partition coefficient (Wildman–Crippen LogP) is 3.73. The van der Waals surface area contributed by atoms with Crippen LogP contribution >= 0.6 is 11.6 Å². The van der Waals surface area contributed by atoms with Crippen LogP contribution in [0.3, 0.4) is 0 Å². The summed E-state index contributed by atoms with van der Waals surface area (Å²) in [5.74, 6) is 0.350. The summed E-state index contributed by atoms with van der Waals surface area (Å²) in [5, 5.41) is 12.8. The number of carbonyl (C=O) groups is 2. The second-order valence-corrected chi connectivity index (χ2v) is 10.9. The monoisotopic (exact) mass is 499 g/mol. The highest BCUT2D eigenvalue weighted by molar-refractivity contribution is 6.30. The maximum atomic E-state index is 12.8. The fourth-order valence-electron chi connectivity index (χ4n) is 5.63. The third kappa shape index (κ3) is 4.69. The average molecular weight is 500 g/mol. The first-order chi connectivity index (χ1) is 16.7. The van der Waals surface area contributed by atoms with E-state index in [1.54, 1.807) is 4.90 Å². The Morgan fingerprint density at radius 1 is 1.23 bits per heavy atom. The average Bonchev–Trinajstić information content (AvgIpc) is 2.83. The number of carbonyl (C=O) groups excluding carboxylic acids is 2. The zero-order chi connectivity index (χ0) is 24.8. The van der Waals surface area contributed by atoms with Crippen LogP contribution < -0.4 is 10.1 Å². The van der Waals surface area contributed by atoms with Crippen LogP contribution in [0.25, 0.3) is 0 Å². The van der Waals surface area contributed by atoms with E-state index in [-0.39, 0.29) is 46.8 Å². The molecule has 3 aliphatic rings. The summed E-state index contributed by atoms with van der Waals surface area (Å²) in [5.41, 5.74) is 0.841. The van der Waals surface area contributed by atoms with Gasteiger partial charge in [-0.3, -0.25) is 14.6 Å². The number of nitrogens with one attached hydrogen (secondary N) is 1. The first-order valence-corrected chi connectivity index (χ1v) is 12.3. The Morgan fingerprint density at radius 3 is 2.74 bits per heavy atom. The number of hydrogen-bond acceptors (Lipinski definition) is 6. The highest BCUT2D eigenvalue weighted by atomic mass is 35.5. The Labute approximate surface area is 209 Å². The summed E-state index contributed by atoms with van der Waals surface area (Å²) >= 11 is 6.26. The molecular weight excluding hydrogens is 470 g/mol. The topological polar surface area (TPSA) is 101 Å². The van der Waals surface area contributed by atoms with Crippen LogP contribution in [0.15, 0.2) is 36.7 Å². The second-order valence-electron chi connectivity index (χ2n) is 10.4. The lowest BCUT2D eigenvalue weighted by Gasteiger charge is -2.54. The molecule has 2 N–H and O–H groups in total. The SMILES string of the molecule is CC1(C)Oc2ccc(Cl)cc2[C@H]2OCC3(CCN(C(=O)CNC(=O)c4cncc(O)c4)CC3)C[C@@H]21. The van der Waals surface area contributed by atoms with Crippen molar-refractivity contribution in [2.75, 3.05) is 26.2 Å². The molecule has 2 fully saturated rings. The molecule has 1 spiro atoms. The van der Waals surface area contributed by atoms with E-state index >= 15 is 0 Å². The smallest absolute Gasteiger partial charge is 0.253 e. The third-order valence-electron chi connectivity index (χ3n) is 7.69. The molecule has 0 aliphatic carbocycles. The standard InChI is InChI=1S/C26H30ClN3O5/c1-25(2)20-11-26(15-34-23(20)19-10-17(27)3-4-21(19)35-25)5-7-30(8-6-26)22(32)14-29-24(33)16-9-18(31)13-28-12-16/h3-4,9-10,12-13,20,23,31H,5-8,11,14-15H2,1-2H3,(H,29,33)/t20-,23+/m0/s1. The number of hydrogen-bond donors (Lipinski definition) is 2. The number of benzene rings is 1. The molecule has 2 atom stereocenters. The summed E-state index contributed by atoms with van der Waals surface area (Å²) < 4.78 is 12.9.